The number of fused-ring (bicyclic) bond motifs is 5. The van der Waals surface area contributed by atoms with Gasteiger partial charge in [0.05, 0.1) is 154 Å². The average Bonchev–Trinajstić information content (AvgIpc) is 1.73. The lowest BCUT2D eigenvalue weighted by atomic mass is 9.81. The van der Waals surface area contributed by atoms with Gasteiger partial charge in [0.1, 0.15) is 37.8 Å². The van der Waals surface area contributed by atoms with Gasteiger partial charge in [-0.05, 0) is 68.4 Å². The summed E-state index contributed by atoms with van der Waals surface area (Å²) in [5.74, 6) is -3.25. The second kappa shape index (κ2) is 34.6. The highest BCUT2D eigenvalue weighted by Gasteiger charge is 2.50. The minimum Gasteiger partial charge on any atom is -0.508 e. The average molecular weight is 1250 g/mol. The minimum absolute atomic E-state index is 0.0150. The number of carbonyl (C=O) groups excluding carboxylic acids is 7. The number of phenolic OH excluding ortho intramolecular Hbond substituents is 1. The summed E-state index contributed by atoms with van der Waals surface area (Å²) >= 11 is 0. The van der Waals surface area contributed by atoms with Gasteiger partial charge >= 0.3 is 11.9 Å². The summed E-state index contributed by atoms with van der Waals surface area (Å²) in [7, 11) is 0. The van der Waals surface area contributed by atoms with Gasteiger partial charge in [-0.2, -0.15) is 0 Å². The number of ether oxygens (including phenoxy) is 11. The number of cyclic esters (lactones) is 1. The highest BCUT2D eigenvalue weighted by molar-refractivity contribution is 6.03. The van der Waals surface area contributed by atoms with E-state index < -0.39 is 54.7 Å². The maximum absolute atomic E-state index is 13.8. The molecule has 3 aromatic heterocycles. The molecule has 29 nitrogen and oxygen atoms in total. The normalized spacial score (nSPS) is 18.6. The van der Waals surface area contributed by atoms with Crippen LogP contribution in [0.1, 0.15) is 74.8 Å². The van der Waals surface area contributed by atoms with Gasteiger partial charge < -0.3 is 77.7 Å². The summed E-state index contributed by atoms with van der Waals surface area (Å²) in [4.78, 5) is 108. The number of pyridine rings is 2. The smallest absolute Gasteiger partial charge is 0.355 e. The number of hydrogen-bond acceptors (Lipinski definition) is 23. The van der Waals surface area contributed by atoms with E-state index in [1.165, 1.54) is 15.5 Å². The molecular formula is C60H81N9O20. The molecule has 0 bridgehead atoms. The van der Waals surface area contributed by atoms with Gasteiger partial charge in [-0.3, -0.25) is 38.5 Å². The molecule has 3 aliphatic heterocycles. The maximum atomic E-state index is 13.8. The third-order valence-electron chi connectivity index (χ3n) is 15.4. The summed E-state index contributed by atoms with van der Waals surface area (Å²) < 4.78 is 63.7. The highest BCUT2D eigenvalue weighted by Crippen LogP contribution is 2.41. The first-order valence-electron chi connectivity index (χ1n) is 30.3. The quantitative estimate of drug-likeness (QED) is 0.0240. The predicted octanol–water partition coefficient (Wildman–Crippen LogP) is 0.827. The number of benzene rings is 1. The molecular weight excluding hydrogens is 1170 g/mol. The summed E-state index contributed by atoms with van der Waals surface area (Å²) in [5, 5.41) is 26.9. The third-order valence-corrected chi connectivity index (χ3v) is 15.4. The number of rotatable bonds is 40. The van der Waals surface area contributed by atoms with Crippen molar-refractivity contribution in [1.82, 2.24) is 45.4 Å². The first kappa shape index (κ1) is 67.6. The molecule has 0 radical (unpaired) electrons. The molecule has 1 aromatic carbocycles. The lowest BCUT2D eigenvalue weighted by molar-refractivity contribution is -0.189. The molecule has 29 heteroatoms. The summed E-state index contributed by atoms with van der Waals surface area (Å²) in [6, 6.07) is 8.20. The number of nitrogens with zero attached hydrogens (tertiary/aromatic N) is 6. The first-order chi connectivity index (χ1) is 43.2. The number of nitrogens with one attached hydrogen (secondary N) is 3. The predicted molar refractivity (Wildman–Crippen MR) is 311 cm³/mol. The van der Waals surface area contributed by atoms with Crippen molar-refractivity contribution < 1.29 is 90.8 Å². The van der Waals surface area contributed by atoms with Crippen LogP contribution >= 0.6 is 0 Å². The fraction of sp³-hybridized carbons (Fsp3) is 0.617. The van der Waals surface area contributed by atoms with Crippen LogP contribution in [0, 0.1) is 17.8 Å². The fourth-order valence-electron chi connectivity index (χ4n) is 10.7. The summed E-state index contributed by atoms with van der Waals surface area (Å²) in [6.45, 7) is 9.26. The van der Waals surface area contributed by atoms with Gasteiger partial charge in [0.25, 0.3) is 5.56 Å². The molecule has 8 rings (SSSR count). The van der Waals surface area contributed by atoms with Gasteiger partial charge in [0.15, 0.2) is 0 Å². The number of hydrogen-bond donors (Lipinski definition) is 4. The van der Waals surface area contributed by atoms with Crippen molar-refractivity contribution in [2.24, 2.45) is 17.8 Å². The Morgan fingerprint density at radius 2 is 1.34 bits per heavy atom. The number of esters is 2. The molecule has 6 heterocycles. The van der Waals surface area contributed by atoms with Crippen LogP contribution in [0.5, 0.6) is 5.75 Å². The molecule has 0 spiro atoms. The van der Waals surface area contributed by atoms with Crippen molar-refractivity contribution in [3.63, 3.8) is 0 Å². The molecule has 1 saturated carbocycles. The van der Waals surface area contributed by atoms with E-state index >= 15 is 0 Å². The molecule has 2 atom stereocenters. The standard InChI is InChI=1S/C60H81N9O20/c1-3-60(48-31-50-55-44(29-43-30-46(70)8-9-49(43)64-55)35-68(50)58(77)47(48)37-88-59(60)78)89-54(74)33-62-52(72)39-87-38-51(71)61-10-12-79-14-16-81-18-20-83-22-24-85-26-27-86-25-23-84-21-19-82-17-15-80-13-11-67-36-45(65-66-67)32-63-56(75)42-6-4-41(5-7-42)34-69-53(73)28-40(2)57(69)76/h8-9,29-31,36,40-42,70H,3-7,10-28,32-35,37-39H2,1-2H3,(H,61,71)(H,62,72)(H,63,75)/t40?,41?,42?,60-/m0/s1. The molecule has 89 heavy (non-hydrogen) atoms. The fourth-order valence-corrected chi connectivity index (χ4v) is 10.7. The van der Waals surface area contributed by atoms with E-state index in [-0.39, 0.29) is 98.0 Å². The van der Waals surface area contributed by atoms with E-state index in [0.29, 0.717) is 140 Å². The number of imide groups is 1. The van der Waals surface area contributed by atoms with Crippen LogP contribution in [0.2, 0.25) is 0 Å². The van der Waals surface area contributed by atoms with Gasteiger partial charge in [-0.1, -0.05) is 19.1 Å². The zero-order valence-corrected chi connectivity index (χ0v) is 50.5. The number of amides is 5. The number of carbonyl (C=O) groups is 7. The Balaban J connectivity index is 0.535. The Hall–Kier alpha value is -7.35. The van der Waals surface area contributed by atoms with Crippen LogP contribution in [0.25, 0.3) is 22.3 Å². The Kier molecular flexibility index (Phi) is 26.3. The number of likely N-dealkylation sites (tertiary alicyclic amines) is 1. The van der Waals surface area contributed by atoms with Gasteiger partial charge in [-0.25, -0.2) is 14.5 Å². The van der Waals surface area contributed by atoms with E-state index in [1.807, 2.05) is 6.07 Å². The minimum atomic E-state index is -1.97. The number of phenols is 1. The molecule has 4 aromatic rings. The third kappa shape index (κ3) is 19.6. The molecule has 5 amide bonds. The second-order valence-corrected chi connectivity index (χ2v) is 21.8. The Labute approximate surface area is 513 Å². The van der Waals surface area contributed by atoms with E-state index in [2.05, 4.69) is 26.3 Å². The van der Waals surface area contributed by atoms with Crippen LogP contribution < -0.4 is 21.5 Å². The summed E-state index contributed by atoms with van der Waals surface area (Å²) in [5.41, 5.74) is 0.859. The molecule has 4 aliphatic rings. The topological polar surface area (TPSA) is 346 Å². The van der Waals surface area contributed by atoms with Crippen LogP contribution in [0.15, 0.2) is 41.3 Å². The van der Waals surface area contributed by atoms with Crippen LogP contribution in [0.4, 0.5) is 0 Å². The zero-order valence-electron chi connectivity index (χ0n) is 50.5. The highest BCUT2D eigenvalue weighted by atomic mass is 16.6. The Bertz CT molecular complexity index is 3110. The lowest BCUT2D eigenvalue weighted by Gasteiger charge is -2.35. The first-order valence-corrected chi connectivity index (χ1v) is 30.3. The van der Waals surface area contributed by atoms with Gasteiger partial charge in [-0.15, -0.1) is 5.10 Å². The molecule has 1 unspecified atom stereocenters. The van der Waals surface area contributed by atoms with Gasteiger partial charge in [0.2, 0.25) is 35.1 Å². The van der Waals surface area contributed by atoms with E-state index in [1.54, 1.807) is 42.9 Å². The molecule has 1 saturated heterocycles. The monoisotopic (exact) mass is 1250 g/mol. The van der Waals surface area contributed by atoms with E-state index in [4.69, 9.17) is 57.1 Å². The van der Waals surface area contributed by atoms with Crippen molar-refractivity contribution >= 4 is 52.4 Å². The van der Waals surface area contributed by atoms with Crippen molar-refractivity contribution in [1.29, 1.82) is 0 Å². The maximum Gasteiger partial charge on any atom is 0.355 e. The molecule has 1 aliphatic carbocycles. The number of aromatic nitrogens is 5. The molecule has 486 valence electrons. The summed E-state index contributed by atoms with van der Waals surface area (Å²) in [6.07, 6.45) is 5.07. The second-order valence-electron chi connectivity index (χ2n) is 21.8. The van der Waals surface area contributed by atoms with Gasteiger partial charge in [0, 0.05) is 47.9 Å². The zero-order chi connectivity index (χ0) is 63.0. The van der Waals surface area contributed by atoms with Crippen LogP contribution in [-0.4, -0.2) is 215 Å². The van der Waals surface area contributed by atoms with Crippen molar-refractivity contribution in [3.8, 4) is 17.1 Å². The Morgan fingerprint density at radius 1 is 0.730 bits per heavy atom. The van der Waals surface area contributed by atoms with E-state index in [9.17, 15) is 43.5 Å². The van der Waals surface area contributed by atoms with Crippen molar-refractivity contribution in [2.45, 2.75) is 84.2 Å². The van der Waals surface area contributed by atoms with Crippen LogP contribution in [0.3, 0.4) is 0 Å². The molecule has 2 fully saturated rings. The van der Waals surface area contributed by atoms with E-state index in [0.717, 1.165) is 31.2 Å². The largest absolute Gasteiger partial charge is 0.508 e. The SMILES string of the molecule is CC[C@@]1(OC(=O)CNC(=O)COCC(=O)NCCOCCOCCOCCOCCOCCOCCOCCOCCn2cc(CNC(=O)C3CCC(CN4C(=O)CC(C)C4=O)CC3)nn2)C(=O)OCc2c1cc1n(c2=O)Cc2cc3cc(O)ccc3nc2-1. The molecule has 4 N–H and O–H groups in total. The van der Waals surface area contributed by atoms with Crippen LogP contribution in [-0.2, 0) is 118 Å². The lowest BCUT2D eigenvalue weighted by Crippen LogP contribution is -2.49. The van der Waals surface area contributed by atoms with Crippen molar-refractivity contribution in [2.75, 3.05) is 139 Å². The Morgan fingerprint density at radius 3 is 1.94 bits per heavy atom. The van der Waals surface area contributed by atoms with Crippen molar-refractivity contribution in [3.05, 3.63) is 69.3 Å². The number of aromatic hydroxyl groups is 1.